The molecular weight excluding hydrogens is 270 g/mol. The van der Waals surface area contributed by atoms with Crippen LogP contribution in [0.5, 0.6) is 0 Å². The minimum Gasteiger partial charge on any atom is -0.330 e. The van der Waals surface area contributed by atoms with Gasteiger partial charge in [0.05, 0.1) is 5.69 Å². The van der Waals surface area contributed by atoms with E-state index in [0.717, 1.165) is 30.1 Å². The first-order valence-electron chi connectivity index (χ1n) is 7.10. The van der Waals surface area contributed by atoms with E-state index in [2.05, 4.69) is 28.8 Å². The molecule has 20 heavy (non-hydrogen) atoms. The largest absolute Gasteiger partial charge is 0.330 e. The zero-order valence-electron chi connectivity index (χ0n) is 12.1. The van der Waals surface area contributed by atoms with Crippen molar-refractivity contribution in [3.8, 4) is 0 Å². The quantitative estimate of drug-likeness (QED) is 0.888. The lowest BCUT2D eigenvalue weighted by molar-refractivity contribution is 0.499. The smallest absolute Gasteiger partial charge is 0.0596 e. The molecule has 1 aromatic heterocycles. The van der Waals surface area contributed by atoms with Gasteiger partial charge in [-0.05, 0) is 56.8 Å². The van der Waals surface area contributed by atoms with Gasteiger partial charge >= 0.3 is 0 Å². The Hall–Kier alpha value is -1.32. The molecule has 2 rings (SSSR count). The molecule has 4 heteroatoms. The van der Waals surface area contributed by atoms with Crippen LogP contribution in [0.4, 0.5) is 0 Å². The van der Waals surface area contributed by atoms with Crippen molar-refractivity contribution >= 4 is 11.6 Å². The molecule has 0 radical (unpaired) electrons. The Morgan fingerprint density at radius 3 is 2.70 bits per heavy atom. The highest BCUT2D eigenvalue weighted by atomic mass is 35.5. The third-order valence-electron chi connectivity index (χ3n) is 3.58. The maximum absolute atomic E-state index is 6.23. The Morgan fingerprint density at radius 2 is 2.05 bits per heavy atom. The average molecular weight is 292 g/mol. The Balaban J connectivity index is 2.11. The molecule has 0 aliphatic carbocycles. The van der Waals surface area contributed by atoms with Crippen molar-refractivity contribution in [3.63, 3.8) is 0 Å². The van der Waals surface area contributed by atoms with Gasteiger partial charge in [-0.1, -0.05) is 29.8 Å². The number of aryl methyl sites for hydroxylation is 2. The van der Waals surface area contributed by atoms with Gasteiger partial charge in [-0.2, -0.15) is 5.10 Å². The number of aromatic nitrogens is 2. The van der Waals surface area contributed by atoms with Gasteiger partial charge in [-0.15, -0.1) is 0 Å². The van der Waals surface area contributed by atoms with Crippen LogP contribution in [0, 0.1) is 12.8 Å². The second kappa shape index (κ2) is 6.91. The van der Waals surface area contributed by atoms with Crippen molar-refractivity contribution in [2.24, 2.45) is 11.7 Å². The summed E-state index contributed by atoms with van der Waals surface area (Å²) in [4.78, 5) is 0. The molecule has 0 amide bonds. The van der Waals surface area contributed by atoms with E-state index in [1.165, 1.54) is 11.3 Å². The van der Waals surface area contributed by atoms with Gasteiger partial charge in [0.15, 0.2) is 0 Å². The summed E-state index contributed by atoms with van der Waals surface area (Å²) in [5.41, 5.74) is 9.44. The van der Waals surface area contributed by atoms with Crippen LogP contribution in [0.15, 0.2) is 30.3 Å². The first kappa shape index (κ1) is 15.1. The molecule has 0 fully saturated rings. The van der Waals surface area contributed by atoms with Gasteiger partial charge in [-0.25, -0.2) is 0 Å². The molecule has 3 nitrogen and oxygen atoms in total. The van der Waals surface area contributed by atoms with Gasteiger partial charge in [0.2, 0.25) is 0 Å². The summed E-state index contributed by atoms with van der Waals surface area (Å²) in [7, 11) is 0. The number of hydrogen-bond acceptors (Lipinski definition) is 2. The summed E-state index contributed by atoms with van der Waals surface area (Å²) in [6.45, 7) is 5.69. The predicted molar refractivity (Wildman–Crippen MR) is 84.0 cm³/mol. The monoisotopic (exact) mass is 291 g/mol. The maximum atomic E-state index is 6.23. The molecule has 0 aliphatic rings. The number of nitrogens with zero attached hydrogens (tertiary/aromatic N) is 2. The summed E-state index contributed by atoms with van der Waals surface area (Å²) in [6, 6.07) is 10.1. The zero-order valence-corrected chi connectivity index (χ0v) is 12.9. The molecule has 1 atom stereocenters. The fourth-order valence-corrected chi connectivity index (χ4v) is 2.76. The lowest BCUT2D eigenvalue weighted by Crippen LogP contribution is -2.21. The highest BCUT2D eigenvalue weighted by molar-refractivity contribution is 6.31. The van der Waals surface area contributed by atoms with E-state index in [9.17, 15) is 0 Å². The van der Waals surface area contributed by atoms with Crippen LogP contribution in [-0.2, 0) is 19.4 Å². The summed E-state index contributed by atoms with van der Waals surface area (Å²) in [5, 5.41) is 5.32. The van der Waals surface area contributed by atoms with Crippen molar-refractivity contribution in [2.75, 3.05) is 6.54 Å². The van der Waals surface area contributed by atoms with Gasteiger partial charge < -0.3 is 5.73 Å². The molecule has 2 aromatic rings. The molecule has 0 spiro atoms. The fraction of sp³-hybridized carbons (Fsp3) is 0.438. The van der Waals surface area contributed by atoms with Crippen LogP contribution >= 0.6 is 11.6 Å². The maximum Gasteiger partial charge on any atom is 0.0596 e. The number of benzene rings is 1. The first-order chi connectivity index (χ1) is 9.63. The van der Waals surface area contributed by atoms with E-state index in [0.29, 0.717) is 12.5 Å². The third kappa shape index (κ3) is 3.62. The lowest BCUT2D eigenvalue weighted by atomic mass is 9.94. The van der Waals surface area contributed by atoms with Gasteiger partial charge in [0.1, 0.15) is 0 Å². The van der Waals surface area contributed by atoms with E-state index in [1.54, 1.807) is 0 Å². The SMILES string of the molecule is CCn1nc(C)cc1CC(CN)Cc1ccccc1Cl. The molecule has 1 heterocycles. The average Bonchev–Trinajstić information content (AvgIpc) is 2.80. The van der Waals surface area contributed by atoms with Crippen molar-refractivity contribution in [1.29, 1.82) is 0 Å². The van der Waals surface area contributed by atoms with E-state index >= 15 is 0 Å². The summed E-state index contributed by atoms with van der Waals surface area (Å²) >= 11 is 6.23. The standard InChI is InChI=1S/C16H22ClN3/c1-3-20-15(8-12(2)19-20)10-13(11-18)9-14-6-4-5-7-16(14)17/h4-8,13H,3,9-11,18H2,1-2H3. The van der Waals surface area contributed by atoms with Crippen LogP contribution in [-0.4, -0.2) is 16.3 Å². The van der Waals surface area contributed by atoms with Crippen molar-refractivity contribution in [3.05, 3.63) is 52.3 Å². The molecule has 108 valence electrons. The Morgan fingerprint density at radius 1 is 1.30 bits per heavy atom. The van der Waals surface area contributed by atoms with Crippen molar-refractivity contribution in [2.45, 2.75) is 33.2 Å². The first-order valence-corrected chi connectivity index (χ1v) is 7.48. The number of rotatable bonds is 6. The molecule has 0 saturated carbocycles. The second-order valence-electron chi connectivity index (χ2n) is 5.19. The van der Waals surface area contributed by atoms with E-state index in [4.69, 9.17) is 17.3 Å². The highest BCUT2D eigenvalue weighted by Crippen LogP contribution is 2.21. The molecule has 1 unspecified atom stereocenters. The molecule has 0 bridgehead atoms. The summed E-state index contributed by atoms with van der Waals surface area (Å²) in [5.74, 6) is 0.385. The zero-order chi connectivity index (χ0) is 14.5. The summed E-state index contributed by atoms with van der Waals surface area (Å²) < 4.78 is 2.06. The Bertz CT molecular complexity index is 563. The lowest BCUT2D eigenvalue weighted by Gasteiger charge is -2.16. The molecule has 0 aliphatic heterocycles. The van der Waals surface area contributed by atoms with E-state index in [1.807, 2.05) is 25.1 Å². The molecule has 0 saturated heterocycles. The Kier molecular flexibility index (Phi) is 5.21. The van der Waals surface area contributed by atoms with E-state index < -0.39 is 0 Å². The summed E-state index contributed by atoms with van der Waals surface area (Å²) in [6.07, 6.45) is 1.85. The van der Waals surface area contributed by atoms with Gasteiger partial charge in [0, 0.05) is 17.3 Å². The van der Waals surface area contributed by atoms with Gasteiger partial charge in [0.25, 0.3) is 0 Å². The minimum atomic E-state index is 0.385. The predicted octanol–water partition coefficient (Wildman–Crippen LogP) is 3.22. The highest BCUT2D eigenvalue weighted by Gasteiger charge is 2.14. The van der Waals surface area contributed by atoms with Crippen molar-refractivity contribution < 1.29 is 0 Å². The Labute approximate surface area is 125 Å². The van der Waals surface area contributed by atoms with Crippen LogP contribution in [0.25, 0.3) is 0 Å². The topological polar surface area (TPSA) is 43.8 Å². The van der Waals surface area contributed by atoms with Crippen LogP contribution in [0.2, 0.25) is 5.02 Å². The molecular formula is C16H22ClN3. The van der Waals surface area contributed by atoms with Crippen molar-refractivity contribution in [1.82, 2.24) is 9.78 Å². The fourth-order valence-electron chi connectivity index (χ4n) is 2.55. The normalized spacial score (nSPS) is 12.6. The van der Waals surface area contributed by atoms with Crippen LogP contribution in [0.1, 0.15) is 23.9 Å². The third-order valence-corrected chi connectivity index (χ3v) is 3.95. The van der Waals surface area contributed by atoms with Gasteiger partial charge in [-0.3, -0.25) is 4.68 Å². The number of halogens is 1. The molecule has 1 aromatic carbocycles. The van der Waals surface area contributed by atoms with Crippen LogP contribution in [0.3, 0.4) is 0 Å². The minimum absolute atomic E-state index is 0.385. The number of nitrogens with two attached hydrogens (primary N) is 1. The molecule has 2 N–H and O–H groups in total. The second-order valence-corrected chi connectivity index (χ2v) is 5.60. The number of hydrogen-bond donors (Lipinski definition) is 1. The van der Waals surface area contributed by atoms with E-state index in [-0.39, 0.29) is 0 Å². The van der Waals surface area contributed by atoms with Crippen LogP contribution < -0.4 is 5.73 Å².